The third-order valence-corrected chi connectivity index (χ3v) is 4.97. The summed E-state index contributed by atoms with van der Waals surface area (Å²) in [6.07, 6.45) is -1.31. The lowest BCUT2D eigenvalue weighted by Gasteiger charge is -2.23. The molecule has 2 aromatic rings. The van der Waals surface area contributed by atoms with Gasteiger partial charge in [-0.05, 0) is 76.9 Å². The Labute approximate surface area is 202 Å². The molecule has 8 N–H and O–H groups in total. The fraction of sp³-hybridized carbons (Fsp3) is 0.538. The van der Waals surface area contributed by atoms with E-state index in [1.165, 1.54) is 12.1 Å². The first-order valence-electron chi connectivity index (χ1n) is 11.4. The lowest BCUT2D eigenvalue weighted by Crippen LogP contribution is -2.38. The number of aromatic hydroxyl groups is 2. The molecule has 2 rings (SSSR count). The Morgan fingerprint density at radius 2 is 0.971 bits per heavy atom. The molecule has 1 unspecified atom stereocenters. The molecule has 8 heteroatoms. The molecule has 8 nitrogen and oxygen atoms in total. The second-order valence-corrected chi connectivity index (χ2v) is 10.4. The van der Waals surface area contributed by atoms with Gasteiger partial charge in [-0.3, -0.25) is 0 Å². The van der Waals surface area contributed by atoms with E-state index in [1.807, 2.05) is 41.5 Å². The molecule has 0 spiro atoms. The number of aliphatic hydroxyl groups is 4. The van der Waals surface area contributed by atoms with Crippen LogP contribution < -0.4 is 10.6 Å². The van der Waals surface area contributed by atoms with Gasteiger partial charge in [-0.25, -0.2) is 0 Å². The van der Waals surface area contributed by atoms with Gasteiger partial charge in [0.2, 0.25) is 0 Å². The fourth-order valence-electron chi connectivity index (χ4n) is 2.92. The summed E-state index contributed by atoms with van der Waals surface area (Å²) in [4.78, 5) is 0. The molecule has 192 valence electrons. The third kappa shape index (κ3) is 10.8. The van der Waals surface area contributed by atoms with Crippen LogP contribution >= 0.6 is 0 Å². The molecule has 0 heterocycles. The van der Waals surface area contributed by atoms with Crippen LogP contribution in [0, 0.1) is 0 Å². The number of β-amino-alcohol motifs (C(OH)–C–C–N with tert-alkyl or cyclic N) is 2. The lowest BCUT2D eigenvalue weighted by molar-refractivity contribution is 0.162. The van der Waals surface area contributed by atoms with Gasteiger partial charge in [-0.2, -0.15) is 0 Å². The van der Waals surface area contributed by atoms with Crippen LogP contribution in [0.15, 0.2) is 36.4 Å². The van der Waals surface area contributed by atoms with Crippen molar-refractivity contribution in [1.82, 2.24) is 10.6 Å². The zero-order valence-corrected chi connectivity index (χ0v) is 21.1. The zero-order valence-electron chi connectivity index (χ0n) is 21.1. The largest absolute Gasteiger partial charge is 0.508 e. The first-order valence-corrected chi connectivity index (χ1v) is 11.4. The highest BCUT2D eigenvalue weighted by Crippen LogP contribution is 2.23. The second-order valence-electron chi connectivity index (χ2n) is 10.4. The quantitative estimate of drug-likeness (QED) is 0.289. The molecule has 0 aliphatic carbocycles. The van der Waals surface area contributed by atoms with E-state index in [9.17, 15) is 20.4 Å². The number of phenols is 2. The number of aliphatic hydroxyl groups excluding tert-OH is 4. The van der Waals surface area contributed by atoms with Crippen molar-refractivity contribution >= 4 is 0 Å². The highest BCUT2D eigenvalue weighted by Gasteiger charge is 2.15. The molecule has 0 radical (unpaired) electrons. The van der Waals surface area contributed by atoms with E-state index in [-0.39, 0.29) is 35.8 Å². The fourth-order valence-corrected chi connectivity index (χ4v) is 2.92. The Morgan fingerprint density at radius 3 is 1.24 bits per heavy atom. The van der Waals surface area contributed by atoms with E-state index in [0.29, 0.717) is 35.3 Å². The van der Waals surface area contributed by atoms with E-state index in [0.717, 1.165) is 0 Å². The molecule has 0 amide bonds. The summed E-state index contributed by atoms with van der Waals surface area (Å²) in [6, 6.07) is 9.52. The van der Waals surface area contributed by atoms with Gasteiger partial charge in [-0.15, -0.1) is 0 Å². The van der Waals surface area contributed by atoms with Crippen LogP contribution in [0.2, 0.25) is 0 Å². The smallest absolute Gasteiger partial charge is 0.121 e. The van der Waals surface area contributed by atoms with E-state index in [1.54, 1.807) is 24.3 Å². The van der Waals surface area contributed by atoms with Crippen LogP contribution in [0.25, 0.3) is 0 Å². The predicted molar refractivity (Wildman–Crippen MR) is 133 cm³/mol. The van der Waals surface area contributed by atoms with Gasteiger partial charge in [0, 0.05) is 35.3 Å². The molecule has 0 aliphatic heterocycles. The number of hydrogen-bond acceptors (Lipinski definition) is 8. The van der Waals surface area contributed by atoms with Crippen molar-refractivity contribution in [3.63, 3.8) is 0 Å². The summed E-state index contributed by atoms with van der Waals surface area (Å²) in [7, 11) is 0. The van der Waals surface area contributed by atoms with Crippen LogP contribution in [0.3, 0.4) is 0 Å². The maximum Gasteiger partial charge on any atom is 0.121 e. The van der Waals surface area contributed by atoms with Gasteiger partial charge < -0.3 is 41.3 Å². The Balaban J connectivity index is 0.000000340. The molecule has 2 atom stereocenters. The van der Waals surface area contributed by atoms with Gasteiger partial charge in [0.15, 0.2) is 0 Å². The van der Waals surface area contributed by atoms with E-state index in [2.05, 4.69) is 10.6 Å². The maximum absolute atomic E-state index is 9.97. The second kappa shape index (κ2) is 13.0. The highest BCUT2D eigenvalue weighted by atomic mass is 16.3. The van der Waals surface area contributed by atoms with Gasteiger partial charge in [0.25, 0.3) is 0 Å². The molecule has 0 saturated carbocycles. The van der Waals surface area contributed by atoms with Crippen LogP contribution in [-0.4, -0.2) is 54.8 Å². The highest BCUT2D eigenvalue weighted by molar-refractivity contribution is 5.37. The van der Waals surface area contributed by atoms with Gasteiger partial charge in [0.1, 0.15) is 11.5 Å². The zero-order chi connectivity index (χ0) is 26.1. The van der Waals surface area contributed by atoms with Crippen molar-refractivity contribution in [2.24, 2.45) is 0 Å². The van der Waals surface area contributed by atoms with Crippen LogP contribution in [0.1, 0.15) is 76.0 Å². The van der Waals surface area contributed by atoms with Gasteiger partial charge in [0.05, 0.1) is 25.4 Å². The maximum atomic E-state index is 9.97. The van der Waals surface area contributed by atoms with Crippen molar-refractivity contribution in [3.05, 3.63) is 58.7 Å². The predicted octanol–water partition coefficient (Wildman–Crippen LogP) is 2.61. The Morgan fingerprint density at radius 1 is 0.647 bits per heavy atom. The van der Waals surface area contributed by atoms with E-state index < -0.39 is 12.2 Å². The molecule has 0 bridgehead atoms. The van der Waals surface area contributed by atoms with E-state index >= 15 is 0 Å². The Hall–Kier alpha value is -2.20. The van der Waals surface area contributed by atoms with Crippen molar-refractivity contribution in [1.29, 1.82) is 0 Å². The minimum Gasteiger partial charge on any atom is -0.508 e. The van der Waals surface area contributed by atoms with Gasteiger partial charge >= 0.3 is 0 Å². The van der Waals surface area contributed by atoms with Crippen molar-refractivity contribution in [3.8, 4) is 11.5 Å². The van der Waals surface area contributed by atoms with Crippen molar-refractivity contribution in [2.45, 2.75) is 78.0 Å². The average Bonchev–Trinajstić information content (AvgIpc) is 2.76. The molecule has 0 fully saturated rings. The molecular formula is C26H42N2O6. The Bertz CT molecular complexity index is 816. The standard InChI is InChI=1S/2C13H21NO3/c2*1-13(2,3)14-7-12(17)9-4-5-11(16)10(6-9)8-15/h2*4-6,12,14-17H,7-8H2,1-3H3/t12-;/m0./s1. The molecule has 0 aliphatic rings. The van der Waals surface area contributed by atoms with Crippen LogP contribution in [-0.2, 0) is 13.2 Å². The first-order chi connectivity index (χ1) is 15.7. The summed E-state index contributed by atoms with van der Waals surface area (Å²) >= 11 is 0. The summed E-state index contributed by atoms with van der Waals surface area (Å²) in [6.45, 7) is 12.5. The number of nitrogens with one attached hydrogen (secondary N) is 2. The van der Waals surface area contributed by atoms with E-state index in [4.69, 9.17) is 10.2 Å². The minimum absolute atomic E-state index is 0.0484. The number of benzene rings is 2. The van der Waals surface area contributed by atoms with Crippen molar-refractivity contribution in [2.75, 3.05) is 13.1 Å². The molecule has 2 aromatic carbocycles. The molecular weight excluding hydrogens is 436 g/mol. The summed E-state index contributed by atoms with van der Waals surface area (Å²) in [5.41, 5.74) is 2.11. The third-order valence-electron chi connectivity index (χ3n) is 4.97. The lowest BCUT2D eigenvalue weighted by atomic mass is 10.0. The molecule has 34 heavy (non-hydrogen) atoms. The molecule has 0 saturated heterocycles. The monoisotopic (exact) mass is 478 g/mol. The Kier molecular flexibility index (Phi) is 11.4. The summed E-state index contributed by atoms with van der Waals surface area (Å²) < 4.78 is 0. The van der Waals surface area contributed by atoms with Gasteiger partial charge in [-0.1, -0.05) is 12.1 Å². The molecule has 0 aromatic heterocycles. The topological polar surface area (TPSA) is 145 Å². The van der Waals surface area contributed by atoms with Crippen LogP contribution in [0.4, 0.5) is 0 Å². The summed E-state index contributed by atoms with van der Waals surface area (Å²) in [5, 5.41) is 63.2. The normalized spacial score (nSPS) is 13.7. The van der Waals surface area contributed by atoms with Crippen LogP contribution in [0.5, 0.6) is 11.5 Å². The summed E-state index contributed by atoms with van der Waals surface area (Å²) in [5.74, 6) is 0.0967. The minimum atomic E-state index is -0.653. The average molecular weight is 479 g/mol. The van der Waals surface area contributed by atoms with Crippen molar-refractivity contribution < 1.29 is 30.6 Å². The number of hydrogen-bond donors (Lipinski definition) is 8. The SMILES string of the molecule is CC(C)(C)NCC(O)c1ccc(O)c(CO)c1.CC(C)(C)NC[C@H](O)c1ccc(O)c(CO)c1. The number of rotatable bonds is 8. The first kappa shape index (κ1) is 29.8.